The molecule has 2 rings (SSSR count). The first-order chi connectivity index (χ1) is 11.5. The first kappa shape index (κ1) is 17.5. The second kappa shape index (κ2) is 8.10. The van der Waals surface area contributed by atoms with Crippen molar-refractivity contribution in [1.29, 1.82) is 0 Å². The first-order valence-corrected chi connectivity index (χ1v) is 7.72. The summed E-state index contributed by atoms with van der Waals surface area (Å²) in [6, 6.07) is 13.7. The number of hydrogen-bond acceptors (Lipinski definition) is 4. The van der Waals surface area contributed by atoms with Crippen LogP contribution in [0, 0.1) is 17.0 Å². The topological polar surface area (TPSA) is 81.5 Å². The molecular weight excluding hydrogens is 308 g/mol. The molecule has 0 spiro atoms. The molecular formula is C18H20N2O4. The Hall–Kier alpha value is -2.89. The molecule has 0 aromatic heterocycles. The highest BCUT2D eigenvalue weighted by Gasteiger charge is 2.13. The minimum Gasteiger partial charge on any atom is -0.484 e. The Morgan fingerprint density at radius 3 is 2.58 bits per heavy atom. The summed E-state index contributed by atoms with van der Waals surface area (Å²) in [7, 11) is 0. The number of carbonyl (C=O) groups is 1. The fourth-order valence-corrected chi connectivity index (χ4v) is 2.29. The number of ether oxygens (including phenoxy) is 1. The monoisotopic (exact) mass is 328 g/mol. The highest BCUT2D eigenvalue weighted by molar-refractivity contribution is 5.78. The third-order valence-corrected chi connectivity index (χ3v) is 3.62. The molecule has 0 aliphatic rings. The molecule has 0 saturated carbocycles. The van der Waals surface area contributed by atoms with Crippen molar-refractivity contribution in [2.24, 2.45) is 0 Å². The molecule has 1 atom stereocenters. The fourth-order valence-electron chi connectivity index (χ4n) is 2.29. The SMILES string of the molecule is CCC(NC(=O)COc1cccc([N+](=O)[O-])c1)c1ccc(C)cc1. The molecule has 2 aromatic carbocycles. The van der Waals surface area contributed by atoms with Crippen LogP contribution < -0.4 is 10.1 Å². The summed E-state index contributed by atoms with van der Waals surface area (Å²) in [6.07, 6.45) is 0.756. The summed E-state index contributed by atoms with van der Waals surface area (Å²) in [5.74, 6) is 0.0247. The summed E-state index contributed by atoms with van der Waals surface area (Å²) in [5, 5.41) is 13.6. The summed E-state index contributed by atoms with van der Waals surface area (Å²) in [5.41, 5.74) is 2.12. The maximum Gasteiger partial charge on any atom is 0.273 e. The lowest BCUT2D eigenvalue weighted by atomic mass is 10.0. The van der Waals surface area contributed by atoms with Crippen molar-refractivity contribution in [3.63, 3.8) is 0 Å². The highest BCUT2D eigenvalue weighted by atomic mass is 16.6. The van der Waals surface area contributed by atoms with E-state index in [0.717, 1.165) is 17.5 Å². The Morgan fingerprint density at radius 1 is 1.25 bits per heavy atom. The van der Waals surface area contributed by atoms with Gasteiger partial charge < -0.3 is 10.1 Å². The van der Waals surface area contributed by atoms with Crippen LogP contribution in [0.4, 0.5) is 5.69 Å². The van der Waals surface area contributed by atoms with Gasteiger partial charge in [-0.3, -0.25) is 14.9 Å². The van der Waals surface area contributed by atoms with Crippen LogP contribution in [0.1, 0.15) is 30.5 Å². The summed E-state index contributed by atoms with van der Waals surface area (Å²) >= 11 is 0. The minimum absolute atomic E-state index is 0.0704. The standard InChI is InChI=1S/C18H20N2O4/c1-3-17(14-9-7-13(2)8-10-14)19-18(21)12-24-16-6-4-5-15(11-16)20(22)23/h4-11,17H,3,12H2,1-2H3,(H,19,21). The molecule has 0 aliphatic carbocycles. The van der Waals surface area contributed by atoms with Crippen molar-refractivity contribution >= 4 is 11.6 Å². The first-order valence-electron chi connectivity index (χ1n) is 7.72. The van der Waals surface area contributed by atoms with Crippen molar-refractivity contribution < 1.29 is 14.5 Å². The Kier molecular flexibility index (Phi) is 5.89. The molecule has 1 unspecified atom stereocenters. The van der Waals surface area contributed by atoms with Crippen molar-refractivity contribution in [3.8, 4) is 5.75 Å². The Labute approximate surface area is 140 Å². The lowest BCUT2D eigenvalue weighted by molar-refractivity contribution is -0.384. The number of nitro benzene ring substituents is 1. The summed E-state index contributed by atoms with van der Waals surface area (Å²) in [4.78, 5) is 22.3. The van der Waals surface area contributed by atoms with Gasteiger partial charge in [0.25, 0.3) is 11.6 Å². The molecule has 0 saturated heterocycles. The van der Waals surface area contributed by atoms with Gasteiger partial charge in [-0.1, -0.05) is 42.8 Å². The molecule has 6 heteroatoms. The van der Waals surface area contributed by atoms with Crippen LogP contribution in [0.25, 0.3) is 0 Å². The lowest BCUT2D eigenvalue weighted by Crippen LogP contribution is -2.32. The number of non-ortho nitro benzene ring substituents is 1. The number of nitrogens with one attached hydrogen (secondary N) is 1. The van der Waals surface area contributed by atoms with Crippen LogP contribution in [0.5, 0.6) is 5.75 Å². The van der Waals surface area contributed by atoms with E-state index < -0.39 is 4.92 Å². The molecule has 0 fully saturated rings. The van der Waals surface area contributed by atoms with Gasteiger partial charge >= 0.3 is 0 Å². The number of aryl methyl sites for hydroxylation is 1. The predicted molar refractivity (Wildman–Crippen MR) is 90.9 cm³/mol. The third-order valence-electron chi connectivity index (χ3n) is 3.62. The highest BCUT2D eigenvalue weighted by Crippen LogP contribution is 2.20. The predicted octanol–water partition coefficient (Wildman–Crippen LogP) is 3.55. The molecule has 0 aliphatic heterocycles. The van der Waals surface area contributed by atoms with E-state index in [1.165, 1.54) is 18.2 Å². The van der Waals surface area contributed by atoms with Crippen molar-refractivity contribution in [3.05, 3.63) is 69.8 Å². The number of nitrogens with zero attached hydrogens (tertiary/aromatic N) is 1. The van der Waals surface area contributed by atoms with Crippen molar-refractivity contribution in [2.45, 2.75) is 26.3 Å². The smallest absolute Gasteiger partial charge is 0.273 e. The molecule has 0 radical (unpaired) electrons. The fraction of sp³-hybridized carbons (Fsp3) is 0.278. The Morgan fingerprint density at radius 2 is 1.96 bits per heavy atom. The number of carbonyl (C=O) groups excluding carboxylic acids is 1. The molecule has 24 heavy (non-hydrogen) atoms. The number of hydrogen-bond donors (Lipinski definition) is 1. The van der Waals surface area contributed by atoms with Gasteiger partial charge in [0, 0.05) is 6.07 Å². The molecule has 0 bridgehead atoms. The van der Waals surface area contributed by atoms with E-state index in [2.05, 4.69) is 5.32 Å². The average Bonchev–Trinajstić information content (AvgIpc) is 2.59. The van der Waals surface area contributed by atoms with Crippen LogP contribution in [0.3, 0.4) is 0 Å². The van der Waals surface area contributed by atoms with Gasteiger partial charge in [0.15, 0.2) is 6.61 Å². The summed E-state index contributed by atoms with van der Waals surface area (Å²) < 4.78 is 5.34. The van der Waals surface area contributed by atoms with Gasteiger partial charge in [-0.15, -0.1) is 0 Å². The number of amides is 1. The molecule has 1 N–H and O–H groups in total. The van der Waals surface area contributed by atoms with Gasteiger partial charge in [0.1, 0.15) is 5.75 Å². The summed E-state index contributed by atoms with van der Waals surface area (Å²) in [6.45, 7) is 3.81. The van der Waals surface area contributed by atoms with Gasteiger partial charge in [-0.2, -0.15) is 0 Å². The maximum atomic E-state index is 12.1. The molecule has 6 nitrogen and oxygen atoms in total. The van der Waals surface area contributed by atoms with Crippen LogP contribution in [0.2, 0.25) is 0 Å². The third kappa shape index (κ3) is 4.81. The zero-order chi connectivity index (χ0) is 17.5. The van der Waals surface area contributed by atoms with Crippen LogP contribution in [0.15, 0.2) is 48.5 Å². The Balaban J connectivity index is 1.93. The van der Waals surface area contributed by atoms with Crippen LogP contribution in [-0.2, 0) is 4.79 Å². The zero-order valence-electron chi connectivity index (χ0n) is 13.7. The van der Waals surface area contributed by atoms with E-state index in [4.69, 9.17) is 4.74 Å². The largest absolute Gasteiger partial charge is 0.484 e. The van der Waals surface area contributed by atoms with Crippen LogP contribution >= 0.6 is 0 Å². The molecule has 2 aromatic rings. The van der Waals surface area contributed by atoms with Crippen LogP contribution in [-0.4, -0.2) is 17.4 Å². The Bertz CT molecular complexity index is 713. The van der Waals surface area contributed by atoms with E-state index in [1.807, 2.05) is 38.1 Å². The van der Waals surface area contributed by atoms with Gasteiger partial charge in [-0.05, 0) is 25.0 Å². The quantitative estimate of drug-likeness (QED) is 0.622. The number of nitro groups is 1. The molecule has 126 valence electrons. The maximum absolute atomic E-state index is 12.1. The van der Waals surface area contributed by atoms with E-state index >= 15 is 0 Å². The van der Waals surface area contributed by atoms with E-state index in [0.29, 0.717) is 5.75 Å². The zero-order valence-corrected chi connectivity index (χ0v) is 13.7. The molecule has 0 heterocycles. The van der Waals surface area contributed by atoms with Gasteiger partial charge in [-0.25, -0.2) is 0 Å². The molecule has 1 amide bonds. The average molecular weight is 328 g/mol. The normalized spacial score (nSPS) is 11.6. The van der Waals surface area contributed by atoms with E-state index in [9.17, 15) is 14.9 Å². The van der Waals surface area contributed by atoms with Crippen molar-refractivity contribution in [1.82, 2.24) is 5.32 Å². The van der Waals surface area contributed by atoms with E-state index in [1.54, 1.807) is 6.07 Å². The number of benzene rings is 2. The minimum atomic E-state index is -0.503. The van der Waals surface area contributed by atoms with Gasteiger partial charge in [0.2, 0.25) is 0 Å². The number of rotatable bonds is 7. The second-order valence-corrected chi connectivity index (χ2v) is 5.48. The van der Waals surface area contributed by atoms with Crippen molar-refractivity contribution in [2.75, 3.05) is 6.61 Å². The lowest BCUT2D eigenvalue weighted by Gasteiger charge is -2.18. The van der Waals surface area contributed by atoms with Gasteiger partial charge in [0.05, 0.1) is 17.0 Å². The van der Waals surface area contributed by atoms with E-state index in [-0.39, 0.29) is 24.2 Å². The second-order valence-electron chi connectivity index (χ2n) is 5.48.